The zero-order valence-corrected chi connectivity index (χ0v) is 19.3. The van der Waals surface area contributed by atoms with E-state index in [9.17, 15) is 14.4 Å². The molecule has 0 saturated carbocycles. The number of esters is 2. The van der Waals surface area contributed by atoms with E-state index in [1.165, 1.54) is 58.3 Å². The number of carbonyl (C=O) groups excluding carboxylic acids is 3. The number of hydrogen-bond acceptors (Lipinski definition) is 6. The number of carbonyl (C=O) groups is 3. The van der Waals surface area contributed by atoms with E-state index < -0.39 is 24.0 Å². The lowest BCUT2D eigenvalue weighted by atomic mass is 10.1. The van der Waals surface area contributed by atoms with E-state index >= 15 is 0 Å². The molecule has 176 valence electrons. The van der Waals surface area contributed by atoms with Gasteiger partial charge in [-0.3, -0.25) is 4.79 Å². The number of amides is 1. The van der Waals surface area contributed by atoms with Gasteiger partial charge in [-0.25, -0.2) is 9.59 Å². The molecule has 0 aliphatic rings. The Balaban J connectivity index is 3.75. The van der Waals surface area contributed by atoms with E-state index in [2.05, 4.69) is 12.2 Å². The minimum absolute atomic E-state index is 0.199. The number of hydrogen-bond donors (Lipinski definition) is 3. The van der Waals surface area contributed by atoms with Crippen LogP contribution in [0.3, 0.4) is 0 Å². The SMILES string of the molecule is CCCCCCCCCCCCCC(=O)N[C@@H](C)C(=O)OC(=O)[C@@H](N)CCCCN. The van der Waals surface area contributed by atoms with Gasteiger partial charge in [-0.05, 0) is 32.7 Å². The van der Waals surface area contributed by atoms with Crippen LogP contribution in [0.1, 0.15) is 110 Å². The highest BCUT2D eigenvalue weighted by molar-refractivity contribution is 5.92. The minimum atomic E-state index is -0.870. The molecule has 0 aromatic carbocycles. The molecular formula is C23H45N3O4. The normalized spacial score (nSPS) is 12.9. The maximum atomic E-state index is 12.0. The largest absolute Gasteiger partial charge is 0.390 e. The average Bonchev–Trinajstić information content (AvgIpc) is 2.71. The molecule has 5 N–H and O–H groups in total. The van der Waals surface area contributed by atoms with Crippen molar-refractivity contribution < 1.29 is 19.1 Å². The van der Waals surface area contributed by atoms with Crippen molar-refractivity contribution in [2.75, 3.05) is 6.54 Å². The van der Waals surface area contributed by atoms with Gasteiger partial charge in [0.25, 0.3) is 0 Å². The Kier molecular flexibility index (Phi) is 18.5. The highest BCUT2D eigenvalue weighted by Crippen LogP contribution is 2.12. The summed E-state index contributed by atoms with van der Waals surface area (Å²) in [5, 5.41) is 2.59. The number of nitrogens with one attached hydrogen (secondary N) is 1. The fourth-order valence-corrected chi connectivity index (χ4v) is 3.21. The Morgan fingerprint density at radius 3 is 1.87 bits per heavy atom. The maximum absolute atomic E-state index is 12.0. The van der Waals surface area contributed by atoms with Crippen molar-refractivity contribution >= 4 is 17.8 Å². The molecule has 0 aromatic heterocycles. The molecule has 0 spiro atoms. The summed E-state index contributed by atoms with van der Waals surface area (Å²) in [6.45, 7) is 4.27. The Hall–Kier alpha value is -1.47. The first kappa shape index (κ1) is 28.5. The van der Waals surface area contributed by atoms with Crippen LogP contribution in [-0.4, -0.2) is 36.5 Å². The van der Waals surface area contributed by atoms with Gasteiger partial charge in [-0.1, -0.05) is 77.6 Å². The molecule has 1 amide bonds. The molecule has 7 nitrogen and oxygen atoms in total. The highest BCUT2D eigenvalue weighted by Gasteiger charge is 2.23. The van der Waals surface area contributed by atoms with Crippen LogP contribution >= 0.6 is 0 Å². The first-order chi connectivity index (χ1) is 14.4. The predicted octanol–water partition coefficient (Wildman–Crippen LogP) is 3.72. The van der Waals surface area contributed by atoms with E-state index in [0.717, 1.165) is 25.7 Å². The maximum Gasteiger partial charge on any atom is 0.336 e. The fourth-order valence-electron chi connectivity index (χ4n) is 3.21. The zero-order chi connectivity index (χ0) is 22.6. The molecular weight excluding hydrogens is 382 g/mol. The van der Waals surface area contributed by atoms with Crippen molar-refractivity contribution in [3.05, 3.63) is 0 Å². The highest BCUT2D eigenvalue weighted by atomic mass is 16.6. The summed E-state index contributed by atoms with van der Waals surface area (Å²) in [5.74, 6) is -1.74. The summed E-state index contributed by atoms with van der Waals surface area (Å²) in [5.41, 5.74) is 11.1. The molecule has 0 fully saturated rings. The van der Waals surface area contributed by atoms with Gasteiger partial charge in [-0.15, -0.1) is 0 Å². The van der Waals surface area contributed by atoms with Crippen LogP contribution < -0.4 is 16.8 Å². The molecule has 0 saturated heterocycles. The van der Waals surface area contributed by atoms with Crippen LogP contribution in [0, 0.1) is 0 Å². The molecule has 0 bridgehead atoms. The molecule has 30 heavy (non-hydrogen) atoms. The van der Waals surface area contributed by atoms with E-state index in [4.69, 9.17) is 16.2 Å². The summed E-state index contributed by atoms with van der Waals surface area (Å²) in [6, 6.07) is -1.72. The van der Waals surface area contributed by atoms with Crippen LogP contribution in [0.4, 0.5) is 0 Å². The van der Waals surface area contributed by atoms with Gasteiger partial charge >= 0.3 is 11.9 Å². The van der Waals surface area contributed by atoms with Crippen molar-refractivity contribution in [3.63, 3.8) is 0 Å². The summed E-state index contributed by atoms with van der Waals surface area (Å²) >= 11 is 0. The van der Waals surface area contributed by atoms with Crippen LogP contribution in [-0.2, 0) is 19.1 Å². The molecule has 0 radical (unpaired) electrons. The Labute approximate surface area is 183 Å². The molecule has 0 heterocycles. The third-order valence-corrected chi connectivity index (χ3v) is 5.21. The van der Waals surface area contributed by atoms with Gasteiger partial charge in [0.05, 0.1) is 0 Å². The van der Waals surface area contributed by atoms with Crippen molar-refractivity contribution in [3.8, 4) is 0 Å². The van der Waals surface area contributed by atoms with Crippen LogP contribution in [0.5, 0.6) is 0 Å². The second kappa shape index (κ2) is 19.5. The molecule has 7 heteroatoms. The summed E-state index contributed by atoms with van der Waals surface area (Å²) in [7, 11) is 0. The molecule has 2 atom stereocenters. The van der Waals surface area contributed by atoms with Gasteiger partial charge in [-0.2, -0.15) is 0 Å². The molecule has 0 aromatic rings. The van der Waals surface area contributed by atoms with E-state index in [-0.39, 0.29) is 5.91 Å². The van der Waals surface area contributed by atoms with Gasteiger partial charge < -0.3 is 21.5 Å². The van der Waals surface area contributed by atoms with Crippen molar-refractivity contribution in [1.29, 1.82) is 0 Å². The molecule has 0 aliphatic carbocycles. The Morgan fingerprint density at radius 2 is 1.33 bits per heavy atom. The van der Waals surface area contributed by atoms with E-state index in [1.54, 1.807) is 0 Å². The molecule has 0 unspecified atom stereocenters. The summed E-state index contributed by atoms with van der Waals surface area (Å²) in [4.78, 5) is 35.7. The Bertz CT molecular complexity index is 471. The van der Waals surface area contributed by atoms with E-state index in [1.807, 2.05) is 0 Å². The lowest BCUT2D eigenvalue weighted by molar-refractivity contribution is -0.162. The first-order valence-electron chi connectivity index (χ1n) is 11.9. The zero-order valence-electron chi connectivity index (χ0n) is 19.3. The Morgan fingerprint density at radius 1 is 0.800 bits per heavy atom. The smallest absolute Gasteiger partial charge is 0.336 e. The minimum Gasteiger partial charge on any atom is -0.390 e. The monoisotopic (exact) mass is 427 g/mol. The molecule has 0 aliphatic heterocycles. The number of nitrogens with two attached hydrogens (primary N) is 2. The number of unbranched alkanes of at least 4 members (excludes halogenated alkanes) is 11. The second-order valence-corrected chi connectivity index (χ2v) is 8.21. The van der Waals surface area contributed by atoms with Gasteiger partial charge in [0, 0.05) is 6.42 Å². The third kappa shape index (κ3) is 16.3. The van der Waals surface area contributed by atoms with Gasteiger partial charge in [0.1, 0.15) is 12.1 Å². The fraction of sp³-hybridized carbons (Fsp3) is 0.870. The predicted molar refractivity (Wildman–Crippen MR) is 121 cm³/mol. The quantitative estimate of drug-likeness (QED) is 0.164. The van der Waals surface area contributed by atoms with Gasteiger partial charge in [0.15, 0.2) is 0 Å². The molecule has 0 rings (SSSR count). The van der Waals surface area contributed by atoms with Crippen molar-refractivity contribution in [1.82, 2.24) is 5.32 Å². The summed E-state index contributed by atoms with van der Waals surface area (Å²) in [6.07, 6.45) is 15.7. The average molecular weight is 428 g/mol. The lowest BCUT2D eigenvalue weighted by Gasteiger charge is -2.14. The van der Waals surface area contributed by atoms with Gasteiger partial charge in [0.2, 0.25) is 5.91 Å². The number of ether oxygens (including phenoxy) is 1. The second-order valence-electron chi connectivity index (χ2n) is 8.21. The van der Waals surface area contributed by atoms with Crippen molar-refractivity contribution in [2.45, 2.75) is 122 Å². The van der Waals surface area contributed by atoms with Crippen LogP contribution in [0.25, 0.3) is 0 Å². The van der Waals surface area contributed by atoms with Crippen molar-refractivity contribution in [2.24, 2.45) is 11.5 Å². The summed E-state index contributed by atoms with van der Waals surface area (Å²) < 4.78 is 4.77. The topological polar surface area (TPSA) is 125 Å². The van der Waals surface area contributed by atoms with Crippen LogP contribution in [0.2, 0.25) is 0 Å². The third-order valence-electron chi connectivity index (χ3n) is 5.21. The van der Waals surface area contributed by atoms with E-state index in [0.29, 0.717) is 25.8 Å². The number of rotatable bonds is 19. The lowest BCUT2D eigenvalue weighted by Crippen LogP contribution is -2.42. The van der Waals surface area contributed by atoms with Crippen LogP contribution in [0.15, 0.2) is 0 Å². The first-order valence-corrected chi connectivity index (χ1v) is 11.9. The standard InChI is InChI=1S/C23H45N3O4/c1-3-4-5-6-7-8-9-10-11-12-13-17-21(27)26-19(2)22(28)30-23(29)20(25)16-14-15-18-24/h19-20H,3-18,24-25H2,1-2H3,(H,26,27)/t19-,20-/m0/s1.